The molecule has 1 N–H and O–H groups in total. The van der Waals surface area contributed by atoms with Crippen LogP contribution in [0.1, 0.15) is 25.7 Å². The number of ether oxygens (including phenoxy) is 1. The number of rotatable bonds is 5. The number of anilines is 3. The van der Waals surface area contributed by atoms with E-state index in [1.165, 1.54) is 24.9 Å². The van der Waals surface area contributed by atoms with Gasteiger partial charge >= 0.3 is 0 Å². The molecule has 4 rings (SSSR count). The van der Waals surface area contributed by atoms with Gasteiger partial charge in [0, 0.05) is 37.4 Å². The smallest absolute Gasteiger partial charge is 0.229 e. The van der Waals surface area contributed by atoms with Crippen LogP contribution in [0.4, 0.5) is 17.1 Å². The number of benzene rings is 2. The molecule has 6 nitrogen and oxygen atoms in total. The fraction of sp³-hybridized carbons (Fsp3) is 0.391. The van der Waals surface area contributed by atoms with Crippen LogP contribution in [-0.4, -0.2) is 38.6 Å². The van der Waals surface area contributed by atoms with Gasteiger partial charge in [0.25, 0.3) is 0 Å². The Bertz CT molecular complexity index is 875. The lowest BCUT2D eigenvalue weighted by atomic mass is 10.1. The molecule has 2 aliphatic rings. The molecule has 152 valence electrons. The monoisotopic (exact) mass is 393 g/mol. The minimum absolute atomic E-state index is 0.0601. The third-order valence-electron chi connectivity index (χ3n) is 5.73. The van der Waals surface area contributed by atoms with Gasteiger partial charge in [-0.05, 0) is 55.7 Å². The van der Waals surface area contributed by atoms with Crippen molar-refractivity contribution in [3.8, 4) is 5.75 Å². The van der Waals surface area contributed by atoms with Gasteiger partial charge in [-0.1, -0.05) is 12.1 Å². The van der Waals surface area contributed by atoms with Gasteiger partial charge in [-0.3, -0.25) is 9.59 Å². The SMILES string of the molecule is COc1ccccc1N1C[C@@H](C(=O)Nc2ccc(N3CCCCC3)cc2)CC1=O. The molecule has 2 heterocycles. The van der Waals surface area contributed by atoms with Crippen LogP contribution in [0.3, 0.4) is 0 Å². The standard InChI is InChI=1S/C23H27N3O3/c1-29-21-8-4-3-7-20(21)26-16-17(15-22(26)27)23(28)24-18-9-11-19(12-10-18)25-13-5-2-6-14-25/h3-4,7-12,17H,2,5-6,13-16H2,1H3,(H,24,28)/t17-/m0/s1. The molecule has 1 atom stereocenters. The summed E-state index contributed by atoms with van der Waals surface area (Å²) in [7, 11) is 1.58. The van der Waals surface area contributed by atoms with Crippen molar-refractivity contribution in [2.24, 2.45) is 5.92 Å². The van der Waals surface area contributed by atoms with Crippen LogP contribution in [0.5, 0.6) is 5.75 Å². The Labute approximate surface area is 171 Å². The Morgan fingerprint density at radius 1 is 1.03 bits per heavy atom. The van der Waals surface area contributed by atoms with E-state index in [9.17, 15) is 9.59 Å². The number of para-hydroxylation sites is 2. The fourth-order valence-electron chi connectivity index (χ4n) is 4.12. The molecule has 2 saturated heterocycles. The van der Waals surface area contributed by atoms with Crippen molar-refractivity contribution in [3.63, 3.8) is 0 Å². The zero-order valence-electron chi connectivity index (χ0n) is 16.8. The number of hydrogen-bond donors (Lipinski definition) is 1. The minimum Gasteiger partial charge on any atom is -0.495 e. The molecule has 0 saturated carbocycles. The molecular formula is C23H27N3O3. The maximum atomic E-state index is 12.7. The van der Waals surface area contributed by atoms with E-state index in [4.69, 9.17) is 4.74 Å². The summed E-state index contributed by atoms with van der Waals surface area (Å²) < 4.78 is 5.36. The lowest BCUT2D eigenvalue weighted by molar-refractivity contribution is -0.122. The number of nitrogens with one attached hydrogen (secondary N) is 1. The normalized spacial score (nSPS) is 19.3. The third-order valence-corrected chi connectivity index (χ3v) is 5.73. The van der Waals surface area contributed by atoms with E-state index in [1.807, 2.05) is 36.4 Å². The highest BCUT2D eigenvalue weighted by molar-refractivity contribution is 6.04. The van der Waals surface area contributed by atoms with E-state index in [1.54, 1.807) is 12.0 Å². The maximum absolute atomic E-state index is 12.7. The molecule has 2 aromatic carbocycles. The van der Waals surface area contributed by atoms with Crippen LogP contribution < -0.4 is 19.9 Å². The fourth-order valence-corrected chi connectivity index (χ4v) is 4.12. The van der Waals surface area contributed by atoms with E-state index < -0.39 is 0 Å². The van der Waals surface area contributed by atoms with Crippen molar-refractivity contribution >= 4 is 28.9 Å². The quantitative estimate of drug-likeness (QED) is 0.842. The second kappa shape index (κ2) is 8.55. The zero-order chi connectivity index (χ0) is 20.2. The Morgan fingerprint density at radius 3 is 2.48 bits per heavy atom. The molecule has 29 heavy (non-hydrogen) atoms. The summed E-state index contributed by atoms with van der Waals surface area (Å²) in [6, 6.07) is 15.4. The Kier molecular flexibility index (Phi) is 5.69. The summed E-state index contributed by atoms with van der Waals surface area (Å²) in [5.41, 5.74) is 2.67. The van der Waals surface area contributed by atoms with Gasteiger partial charge in [0.05, 0.1) is 18.7 Å². The summed E-state index contributed by atoms with van der Waals surface area (Å²) in [4.78, 5) is 29.3. The van der Waals surface area contributed by atoms with Crippen LogP contribution in [-0.2, 0) is 9.59 Å². The molecule has 6 heteroatoms. The number of methoxy groups -OCH3 is 1. The molecule has 2 fully saturated rings. The van der Waals surface area contributed by atoms with Gasteiger partial charge in [-0.25, -0.2) is 0 Å². The molecular weight excluding hydrogens is 366 g/mol. The number of carbonyl (C=O) groups excluding carboxylic acids is 2. The molecule has 0 spiro atoms. The average molecular weight is 393 g/mol. The Balaban J connectivity index is 1.39. The van der Waals surface area contributed by atoms with Gasteiger partial charge in [0.1, 0.15) is 5.75 Å². The predicted octanol–water partition coefficient (Wildman–Crippen LogP) is 3.68. The molecule has 0 bridgehead atoms. The molecule has 0 radical (unpaired) electrons. The molecule has 2 amide bonds. The van der Waals surface area contributed by atoms with E-state index in [2.05, 4.69) is 22.3 Å². The van der Waals surface area contributed by atoms with Gasteiger partial charge in [-0.2, -0.15) is 0 Å². The highest BCUT2D eigenvalue weighted by Crippen LogP contribution is 2.33. The van der Waals surface area contributed by atoms with Crippen LogP contribution in [0.25, 0.3) is 0 Å². The first-order valence-corrected chi connectivity index (χ1v) is 10.2. The van der Waals surface area contributed by atoms with E-state index in [0.29, 0.717) is 18.0 Å². The number of piperidine rings is 1. The number of amides is 2. The highest BCUT2D eigenvalue weighted by Gasteiger charge is 2.36. The number of nitrogens with zero attached hydrogens (tertiary/aromatic N) is 2. The highest BCUT2D eigenvalue weighted by atomic mass is 16.5. The second-order valence-electron chi connectivity index (χ2n) is 7.66. The number of carbonyl (C=O) groups is 2. The summed E-state index contributed by atoms with van der Waals surface area (Å²) in [5.74, 6) is 0.0703. The topological polar surface area (TPSA) is 61.9 Å². The molecule has 2 aliphatic heterocycles. The van der Waals surface area contributed by atoms with E-state index >= 15 is 0 Å². The molecule has 0 aromatic heterocycles. The Morgan fingerprint density at radius 2 is 1.76 bits per heavy atom. The van der Waals surface area contributed by atoms with Crippen LogP contribution in [0, 0.1) is 5.92 Å². The number of hydrogen-bond acceptors (Lipinski definition) is 4. The van der Waals surface area contributed by atoms with Crippen LogP contribution in [0.2, 0.25) is 0 Å². The van der Waals surface area contributed by atoms with Crippen molar-refractivity contribution in [2.45, 2.75) is 25.7 Å². The van der Waals surface area contributed by atoms with Crippen LogP contribution in [0.15, 0.2) is 48.5 Å². The minimum atomic E-state index is -0.380. The molecule has 0 unspecified atom stereocenters. The average Bonchev–Trinajstić information content (AvgIpc) is 3.16. The lowest BCUT2D eigenvalue weighted by Crippen LogP contribution is -2.29. The van der Waals surface area contributed by atoms with Crippen LogP contribution >= 0.6 is 0 Å². The van der Waals surface area contributed by atoms with E-state index in [-0.39, 0.29) is 24.2 Å². The summed E-state index contributed by atoms with van der Waals surface area (Å²) in [5, 5.41) is 2.97. The maximum Gasteiger partial charge on any atom is 0.229 e. The van der Waals surface area contributed by atoms with Gasteiger partial charge in [-0.15, -0.1) is 0 Å². The molecule has 0 aliphatic carbocycles. The predicted molar refractivity (Wildman–Crippen MR) is 115 cm³/mol. The first kappa shape index (κ1) is 19.3. The second-order valence-corrected chi connectivity index (χ2v) is 7.66. The summed E-state index contributed by atoms with van der Waals surface area (Å²) in [6.07, 6.45) is 3.97. The Hall–Kier alpha value is -3.02. The largest absolute Gasteiger partial charge is 0.495 e. The van der Waals surface area contributed by atoms with Crippen molar-refractivity contribution in [2.75, 3.05) is 41.9 Å². The van der Waals surface area contributed by atoms with Crippen molar-refractivity contribution < 1.29 is 14.3 Å². The third kappa shape index (κ3) is 4.21. The molecule has 2 aromatic rings. The van der Waals surface area contributed by atoms with Crippen molar-refractivity contribution in [1.29, 1.82) is 0 Å². The zero-order valence-corrected chi connectivity index (χ0v) is 16.8. The van der Waals surface area contributed by atoms with Gasteiger partial charge in [0.2, 0.25) is 11.8 Å². The first-order valence-electron chi connectivity index (χ1n) is 10.2. The van der Waals surface area contributed by atoms with Crippen molar-refractivity contribution in [3.05, 3.63) is 48.5 Å². The van der Waals surface area contributed by atoms with Gasteiger partial charge in [0.15, 0.2) is 0 Å². The van der Waals surface area contributed by atoms with Crippen molar-refractivity contribution in [1.82, 2.24) is 0 Å². The van der Waals surface area contributed by atoms with Gasteiger partial charge < -0.3 is 19.9 Å². The first-order chi connectivity index (χ1) is 14.2. The lowest BCUT2D eigenvalue weighted by Gasteiger charge is -2.28. The summed E-state index contributed by atoms with van der Waals surface area (Å²) in [6.45, 7) is 2.54. The summed E-state index contributed by atoms with van der Waals surface area (Å²) >= 11 is 0. The van der Waals surface area contributed by atoms with E-state index in [0.717, 1.165) is 18.8 Å².